The molecule has 0 aliphatic carbocycles. The summed E-state index contributed by atoms with van der Waals surface area (Å²) in [5.74, 6) is 0. The zero-order valence-corrected chi connectivity index (χ0v) is 29.9. The Balaban J connectivity index is 0.985. The monoisotopic (exact) mass is 714 g/mol. The molecule has 0 saturated heterocycles. The third-order valence-corrected chi connectivity index (χ3v) is 9.30. The van der Waals surface area contributed by atoms with Gasteiger partial charge in [-0.3, -0.25) is 0 Å². The number of nitrogens with one attached hydrogen (secondary N) is 6. The van der Waals surface area contributed by atoms with Crippen molar-refractivity contribution in [3.63, 3.8) is 0 Å². The average Bonchev–Trinajstić information content (AvgIpc) is 3.58. The first-order valence-electron chi connectivity index (χ1n) is 18.3. The zero-order chi connectivity index (χ0) is 36.8. The second-order valence-electron chi connectivity index (χ2n) is 13.3. The second kappa shape index (κ2) is 15.1. The number of hydrogen-bond acceptors (Lipinski definition) is 7. The maximum absolute atomic E-state index is 6.50. The van der Waals surface area contributed by atoms with Crippen LogP contribution in [0, 0.1) is 0 Å². The molecule has 7 heteroatoms. The Kier molecular flexibility index (Phi) is 9.15. The van der Waals surface area contributed by atoms with Crippen LogP contribution in [0.25, 0.3) is 21.9 Å². The van der Waals surface area contributed by atoms with Gasteiger partial charge in [-0.25, -0.2) is 0 Å². The quantitative estimate of drug-likeness (QED) is 0.0751. The van der Waals surface area contributed by atoms with E-state index in [9.17, 15) is 0 Å². The van der Waals surface area contributed by atoms with Crippen LogP contribution < -0.4 is 31.9 Å². The molecule has 0 spiro atoms. The standard InChI is InChI=1S/C48H38N6O/c1-5-13-33(14-6-1)49-37-23-27-43(45(29-37)51-35-17-9-3-10-18-35)53-39-21-25-41-42-26-22-40(32-48(42)55-47(41)31-39)54-44-28-24-38(50-34-15-7-2-8-16-34)30-46(44)52-36-19-11-4-12-20-36/h1-32,49-54H. The predicted octanol–water partition coefficient (Wildman–Crippen LogP) is 14.0. The number of fused-ring (bicyclic) bond motifs is 3. The predicted molar refractivity (Wildman–Crippen MR) is 232 cm³/mol. The van der Waals surface area contributed by atoms with Crippen LogP contribution in [0.1, 0.15) is 0 Å². The molecule has 0 atom stereocenters. The van der Waals surface area contributed by atoms with Gasteiger partial charge in [-0.1, -0.05) is 72.8 Å². The van der Waals surface area contributed by atoms with Crippen LogP contribution in [0.4, 0.5) is 68.2 Å². The molecule has 1 heterocycles. The molecule has 9 aromatic rings. The number of rotatable bonds is 12. The average molecular weight is 715 g/mol. The SMILES string of the molecule is c1ccc(Nc2ccc(Nc3ccc4c(c3)oc3cc(Nc5ccc(Nc6ccccc6)cc5Nc5ccccc5)ccc34)c(Nc3ccccc3)c2)cc1. The van der Waals surface area contributed by atoms with Crippen LogP contribution in [0.2, 0.25) is 0 Å². The minimum atomic E-state index is 0.805. The first kappa shape index (κ1) is 33.2. The van der Waals surface area contributed by atoms with E-state index >= 15 is 0 Å². The maximum Gasteiger partial charge on any atom is 0.137 e. The molecule has 0 fully saturated rings. The summed E-state index contributed by atoms with van der Waals surface area (Å²) in [6.45, 7) is 0. The smallest absolute Gasteiger partial charge is 0.137 e. The fourth-order valence-electron chi connectivity index (χ4n) is 6.64. The Hall–Kier alpha value is -7.64. The molecule has 0 aliphatic rings. The van der Waals surface area contributed by atoms with Gasteiger partial charge in [0, 0.05) is 68.4 Å². The van der Waals surface area contributed by atoms with Crippen LogP contribution in [0.15, 0.2) is 199 Å². The summed E-state index contributed by atoms with van der Waals surface area (Å²) in [7, 11) is 0. The van der Waals surface area contributed by atoms with Crippen LogP contribution in [0.5, 0.6) is 0 Å². The lowest BCUT2D eigenvalue weighted by Gasteiger charge is -2.17. The lowest BCUT2D eigenvalue weighted by Crippen LogP contribution is -1.99. The summed E-state index contributed by atoms with van der Waals surface area (Å²) in [5, 5.41) is 23.6. The van der Waals surface area contributed by atoms with Gasteiger partial charge in [0.25, 0.3) is 0 Å². The van der Waals surface area contributed by atoms with Crippen molar-refractivity contribution >= 4 is 90.2 Å². The fraction of sp³-hybridized carbons (Fsp3) is 0. The summed E-state index contributed by atoms with van der Waals surface area (Å²) in [6, 6.07) is 65.8. The van der Waals surface area contributed by atoms with Crippen molar-refractivity contribution in [2.24, 2.45) is 0 Å². The van der Waals surface area contributed by atoms with Crippen molar-refractivity contribution in [2.75, 3.05) is 31.9 Å². The molecular formula is C48H38N6O. The first-order valence-corrected chi connectivity index (χ1v) is 18.3. The van der Waals surface area contributed by atoms with E-state index in [0.29, 0.717) is 0 Å². The van der Waals surface area contributed by atoms with E-state index in [0.717, 1.165) is 90.2 Å². The summed E-state index contributed by atoms with van der Waals surface area (Å²) in [6.07, 6.45) is 0. The van der Waals surface area contributed by atoms with Crippen molar-refractivity contribution in [2.45, 2.75) is 0 Å². The van der Waals surface area contributed by atoms with Gasteiger partial charge in [0.2, 0.25) is 0 Å². The number of furan rings is 1. The minimum absolute atomic E-state index is 0.805. The number of anilines is 12. The molecule has 0 aliphatic heterocycles. The van der Waals surface area contributed by atoms with Gasteiger partial charge in [-0.2, -0.15) is 0 Å². The van der Waals surface area contributed by atoms with Crippen LogP contribution in [-0.2, 0) is 0 Å². The highest BCUT2D eigenvalue weighted by Gasteiger charge is 2.13. The highest BCUT2D eigenvalue weighted by atomic mass is 16.3. The molecule has 0 amide bonds. The molecule has 0 unspecified atom stereocenters. The molecule has 0 bridgehead atoms. The zero-order valence-electron chi connectivity index (χ0n) is 29.9. The van der Waals surface area contributed by atoms with E-state index in [-0.39, 0.29) is 0 Å². The molecule has 0 radical (unpaired) electrons. The highest BCUT2D eigenvalue weighted by Crippen LogP contribution is 2.38. The topological polar surface area (TPSA) is 85.3 Å². The summed E-state index contributed by atoms with van der Waals surface area (Å²) in [5.41, 5.74) is 13.2. The summed E-state index contributed by atoms with van der Waals surface area (Å²) in [4.78, 5) is 0. The Bertz CT molecular complexity index is 2510. The minimum Gasteiger partial charge on any atom is -0.456 e. The molecule has 1 aromatic heterocycles. The molecule has 266 valence electrons. The van der Waals surface area contributed by atoms with Gasteiger partial charge >= 0.3 is 0 Å². The third kappa shape index (κ3) is 7.77. The van der Waals surface area contributed by atoms with Gasteiger partial charge < -0.3 is 36.3 Å². The van der Waals surface area contributed by atoms with E-state index in [1.165, 1.54) is 0 Å². The highest BCUT2D eigenvalue weighted by molar-refractivity contribution is 6.07. The molecule has 6 N–H and O–H groups in total. The number of benzene rings is 8. The van der Waals surface area contributed by atoms with Crippen molar-refractivity contribution < 1.29 is 4.42 Å². The van der Waals surface area contributed by atoms with Gasteiger partial charge in [-0.15, -0.1) is 0 Å². The van der Waals surface area contributed by atoms with E-state index in [4.69, 9.17) is 4.42 Å². The van der Waals surface area contributed by atoms with Gasteiger partial charge in [0.05, 0.1) is 22.7 Å². The van der Waals surface area contributed by atoms with E-state index in [1.807, 2.05) is 72.8 Å². The lowest BCUT2D eigenvalue weighted by molar-refractivity contribution is 0.669. The number of hydrogen-bond donors (Lipinski definition) is 6. The molecular weight excluding hydrogens is 677 g/mol. The number of para-hydroxylation sites is 4. The van der Waals surface area contributed by atoms with Gasteiger partial charge in [0.1, 0.15) is 11.2 Å². The molecule has 55 heavy (non-hydrogen) atoms. The Morgan fingerprint density at radius 1 is 0.236 bits per heavy atom. The maximum atomic E-state index is 6.50. The van der Waals surface area contributed by atoms with Gasteiger partial charge in [0.15, 0.2) is 0 Å². The summed E-state index contributed by atoms with van der Waals surface area (Å²) < 4.78 is 6.50. The first-order chi connectivity index (χ1) is 27.2. The van der Waals surface area contributed by atoms with Crippen LogP contribution in [-0.4, -0.2) is 0 Å². The molecule has 7 nitrogen and oxygen atoms in total. The normalized spacial score (nSPS) is 10.9. The van der Waals surface area contributed by atoms with Crippen molar-refractivity contribution in [3.8, 4) is 0 Å². The third-order valence-electron chi connectivity index (χ3n) is 9.30. The van der Waals surface area contributed by atoms with Crippen LogP contribution in [0.3, 0.4) is 0 Å². The van der Waals surface area contributed by atoms with E-state index in [1.54, 1.807) is 0 Å². The van der Waals surface area contributed by atoms with Crippen LogP contribution >= 0.6 is 0 Å². The van der Waals surface area contributed by atoms with E-state index < -0.39 is 0 Å². The Labute approximate surface area is 319 Å². The van der Waals surface area contributed by atoms with Crippen molar-refractivity contribution in [3.05, 3.63) is 194 Å². The van der Waals surface area contributed by atoms with Crippen molar-refractivity contribution in [1.82, 2.24) is 0 Å². The largest absolute Gasteiger partial charge is 0.456 e. The molecule has 9 rings (SSSR count). The fourth-order valence-corrected chi connectivity index (χ4v) is 6.64. The lowest BCUT2D eigenvalue weighted by atomic mass is 10.1. The van der Waals surface area contributed by atoms with E-state index in [2.05, 4.69) is 153 Å². The molecule has 8 aromatic carbocycles. The Morgan fingerprint density at radius 2 is 0.545 bits per heavy atom. The Morgan fingerprint density at radius 3 is 0.927 bits per heavy atom. The molecule has 0 saturated carbocycles. The summed E-state index contributed by atoms with van der Waals surface area (Å²) >= 11 is 0. The van der Waals surface area contributed by atoms with Gasteiger partial charge in [-0.05, 0) is 109 Å². The van der Waals surface area contributed by atoms with Crippen molar-refractivity contribution in [1.29, 1.82) is 0 Å². The second-order valence-corrected chi connectivity index (χ2v) is 13.3.